The molecule has 5 N–H and O–H groups in total. The van der Waals surface area contributed by atoms with Crippen molar-refractivity contribution >= 4 is 11.9 Å². The Hall–Kier alpha value is -1.52. The van der Waals surface area contributed by atoms with Crippen LogP contribution in [0, 0.1) is 56.7 Å². The smallest absolute Gasteiger partial charge is 0.335 e. The van der Waals surface area contributed by atoms with E-state index >= 15 is 0 Å². The van der Waals surface area contributed by atoms with Crippen LogP contribution in [0.15, 0.2) is 12.2 Å². The van der Waals surface area contributed by atoms with Gasteiger partial charge in [-0.2, -0.15) is 0 Å². The van der Waals surface area contributed by atoms with Crippen LogP contribution in [0.4, 0.5) is 0 Å². The molecule has 0 aromatic carbocycles. The monoisotopic (exact) mass is 632 g/mol. The maximum atomic E-state index is 12.9. The van der Waals surface area contributed by atoms with Crippen LogP contribution in [-0.2, 0) is 19.1 Å². The molecule has 254 valence electrons. The maximum absolute atomic E-state index is 12.9. The number of ether oxygens (including phenoxy) is 2. The molecular formula is C36H56O9. The number of carbonyl (C=O) groups is 2. The molecule has 5 aliphatic carbocycles. The van der Waals surface area contributed by atoms with E-state index in [9.17, 15) is 35.1 Å². The van der Waals surface area contributed by atoms with E-state index in [-0.39, 0.29) is 39.6 Å². The number of carboxylic acids is 2. The van der Waals surface area contributed by atoms with Crippen molar-refractivity contribution in [2.45, 2.75) is 143 Å². The molecule has 45 heavy (non-hydrogen) atoms. The highest BCUT2D eigenvalue weighted by Gasteiger charge is 2.72. The number of fused-ring (bicyclic) bond motifs is 7. The fraction of sp³-hybridized carbons (Fsp3) is 0.889. The van der Waals surface area contributed by atoms with E-state index in [0.717, 1.165) is 63.4 Å². The molecule has 0 aromatic rings. The summed E-state index contributed by atoms with van der Waals surface area (Å²) < 4.78 is 11.9. The van der Waals surface area contributed by atoms with Crippen LogP contribution < -0.4 is 0 Å². The number of hydrogen-bond donors (Lipinski definition) is 5. The van der Waals surface area contributed by atoms with E-state index < -0.39 is 48.1 Å². The zero-order valence-electron chi connectivity index (χ0n) is 28.0. The van der Waals surface area contributed by atoms with Gasteiger partial charge >= 0.3 is 11.9 Å². The maximum Gasteiger partial charge on any atom is 0.335 e. The van der Waals surface area contributed by atoms with Gasteiger partial charge in [0, 0.05) is 0 Å². The van der Waals surface area contributed by atoms with Gasteiger partial charge in [0.15, 0.2) is 12.4 Å². The molecule has 9 nitrogen and oxygen atoms in total. The summed E-state index contributed by atoms with van der Waals surface area (Å²) in [6.45, 7) is 18.3. The molecule has 0 spiro atoms. The second-order valence-electron chi connectivity index (χ2n) is 17.4. The first kappa shape index (κ1) is 33.4. The number of allylic oxidation sites excluding steroid dienone is 1. The van der Waals surface area contributed by atoms with Gasteiger partial charge in [-0.15, -0.1) is 0 Å². The fourth-order valence-electron chi connectivity index (χ4n) is 13.1. The van der Waals surface area contributed by atoms with Gasteiger partial charge in [-0.25, -0.2) is 4.79 Å². The molecule has 0 aromatic heterocycles. The van der Waals surface area contributed by atoms with Gasteiger partial charge in [-0.05, 0) is 122 Å². The first-order valence-electron chi connectivity index (χ1n) is 17.3. The number of hydrogen-bond acceptors (Lipinski definition) is 7. The van der Waals surface area contributed by atoms with E-state index in [1.165, 1.54) is 0 Å². The van der Waals surface area contributed by atoms with E-state index in [0.29, 0.717) is 24.2 Å². The molecule has 6 aliphatic rings. The first-order valence-corrected chi connectivity index (χ1v) is 17.3. The summed E-state index contributed by atoms with van der Waals surface area (Å²) in [5.41, 5.74) is 0.308. The molecule has 9 heteroatoms. The lowest BCUT2D eigenvalue weighted by molar-refractivity contribution is -0.326. The highest BCUT2D eigenvalue weighted by atomic mass is 16.7. The Labute approximate surface area is 267 Å². The van der Waals surface area contributed by atoms with Crippen LogP contribution in [0.3, 0.4) is 0 Å². The van der Waals surface area contributed by atoms with Crippen molar-refractivity contribution in [2.24, 2.45) is 56.7 Å². The average Bonchev–Trinajstić information content (AvgIpc) is 3.36. The quantitative estimate of drug-likeness (QED) is 0.208. The molecule has 5 saturated carbocycles. The summed E-state index contributed by atoms with van der Waals surface area (Å²) >= 11 is 0. The second kappa shape index (κ2) is 10.7. The molecule has 0 bridgehead atoms. The Morgan fingerprint density at radius 3 is 2.09 bits per heavy atom. The van der Waals surface area contributed by atoms with Crippen LogP contribution in [0.1, 0.15) is 106 Å². The third kappa shape index (κ3) is 4.42. The number of rotatable bonds is 5. The minimum Gasteiger partial charge on any atom is -0.481 e. The van der Waals surface area contributed by atoms with Gasteiger partial charge in [-0.3, -0.25) is 4.79 Å². The molecule has 1 aliphatic heterocycles. The Morgan fingerprint density at radius 1 is 0.778 bits per heavy atom. The summed E-state index contributed by atoms with van der Waals surface area (Å²) in [6.07, 6.45) is 0.818. The van der Waals surface area contributed by atoms with E-state index in [1.807, 2.05) is 0 Å². The lowest BCUT2D eigenvalue weighted by Gasteiger charge is -2.73. The average molecular weight is 633 g/mol. The van der Waals surface area contributed by atoms with Gasteiger partial charge in [0.2, 0.25) is 0 Å². The van der Waals surface area contributed by atoms with Gasteiger partial charge in [0.25, 0.3) is 0 Å². The Kier molecular flexibility index (Phi) is 7.97. The van der Waals surface area contributed by atoms with Crippen molar-refractivity contribution in [3.8, 4) is 0 Å². The second-order valence-corrected chi connectivity index (χ2v) is 17.4. The number of carboxylic acid groups (broad SMARTS) is 2. The molecule has 6 rings (SSSR count). The zero-order valence-corrected chi connectivity index (χ0v) is 28.0. The Bertz CT molecular complexity index is 1230. The SMILES string of the molecule is C=C(C)[C@@H]1CC[C@]2(C(=O)O)CC[C@]3(C)[C@H](CC[C@@H]4[C@@]5(C)CC[C@H](OC6OC(C(=O)O)C(O)C(O)C6O)C(C)(C)[C@@H]5CC[C@]43C)[C@@H]12. The minimum absolute atomic E-state index is 0.0282. The first-order chi connectivity index (χ1) is 20.9. The molecule has 15 atom stereocenters. The Morgan fingerprint density at radius 2 is 1.47 bits per heavy atom. The summed E-state index contributed by atoms with van der Waals surface area (Å²) in [6, 6.07) is 0. The van der Waals surface area contributed by atoms with Crippen molar-refractivity contribution in [2.75, 3.05) is 0 Å². The summed E-state index contributed by atoms with van der Waals surface area (Å²) in [4.78, 5) is 24.6. The molecule has 0 amide bonds. The van der Waals surface area contributed by atoms with Crippen LogP contribution in [0.25, 0.3) is 0 Å². The lowest BCUT2D eigenvalue weighted by atomic mass is 9.32. The molecule has 5 unspecified atom stereocenters. The molecule has 0 radical (unpaired) electrons. The van der Waals surface area contributed by atoms with E-state index in [4.69, 9.17) is 9.47 Å². The van der Waals surface area contributed by atoms with Crippen molar-refractivity contribution in [3.63, 3.8) is 0 Å². The van der Waals surface area contributed by atoms with Crippen LogP contribution in [0.2, 0.25) is 0 Å². The number of aliphatic carboxylic acids is 2. The zero-order chi connectivity index (χ0) is 33.1. The molecule has 1 saturated heterocycles. The lowest BCUT2D eigenvalue weighted by Crippen LogP contribution is -2.67. The molecular weight excluding hydrogens is 576 g/mol. The van der Waals surface area contributed by atoms with Crippen LogP contribution in [-0.4, -0.2) is 74.3 Å². The highest BCUT2D eigenvalue weighted by Crippen LogP contribution is 2.77. The van der Waals surface area contributed by atoms with E-state index in [1.54, 1.807) is 0 Å². The third-order valence-electron chi connectivity index (χ3n) is 15.5. The third-order valence-corrected chi connectivity index (χ3v) is 15.5. The van der Waals surface area contributed by atoms with Crippen LogP contribution >= 0.6 is 0 Å². The highest BCUT2D eigenvalue weighted by molar-refractivity contribution is 5.76. The van der Waals surface area contributed by atoms with E-state index in [2.05, 4.69) is 48.1 Å². The fourth-order valence-corrected chi connectivity index (χ4v) is 13.1. The van der Waals surface area contributed by atoms with Crippen molar-refractivity contribution in [1.29, 1.82) is 0 Å². The standard InChI is InChI=1S/C36H56O9/c1-18(2)19-10-15-36(31(42)43)17-16-34(6)20(24(19)36)8-9-22-33(5)13-12-23(32(3,4)21(33)11-14-35(22,34)7)44-30-27(39)25(37)26(38)28(45-30)29(40)41/h19-28,30,37-39H,1,8-17H2,2-7H3,(H,40,41)(H,42,43)/t19-,20+,21-,22+,23-,24+,25?,26?,27?,28?,30?,33-,34+,35+,36-/m0/s1. The minimum atomic E-state index is -1.75. The Balaban J connectivity index is 1.27. The number of aliphatic hydroxyl groups excluding tert-OH is 3. The summed E-state index contributed by atoms with van der Waals surface area (Å²) in [5, 5.41) is 51.4. The normalized spacial score (nSPS) is 53.8. The summed E-state index contributed by atoms with van der Waals surface area (Å²) in [7, 11) is 0. The van der Waals surface area contributed by atoms with Crippen molar-refractivity contribution < 1.29 is 44.6 Å². The molecule has 1 heterocycles. The summed E-state index contributed by atoms with van der Waals surface area (Å²) in [5.74, 6) is -0.479. The largest absolute Gasteiger partial charge is 0.481 e. The van der Waals surface area contributed by atoms with Gasteiger partial charge in [0.1, 0.15) is 18.3 Å². The topological polar surface area (TPSA) is 154 Å². The van der Waals surface area contributed by atoms with Gasteiger partial charge in [-0.1, -0.05) is 46.8 Å². The van der Waals surface area contributed by atoms with Crippen molar-refractivity contribution in [3.05, 3.63) is 12.2 Å². The van der Waals surface area contributed by atoms with Crippen LogP contribution in [0.5, 0.6) is 0 Å². The number of aliphatic hydroxyl groups is 3. The van der Waals surface area contributed by atoms with Crippen molar-refractivity contribution in [1.82, 2.24) is 0 Å². The van der Waals surface area contributed by atoms with Gasteiger partial charge in [0.05, 0.1) is 11.5 Å². The van der Waals surface area contributed by atoms with Gasteiger partial charge < -0.3 is 35.0 Å². The molecule has 6 fully saturated rings. The predicted octanol–water partition coefficient (Wildman–Crippen LogP) is 5.01. The predicted molar refractivity (Wildman–Crippen MR) is 166 cm³/mol.